The largest absolute Gasteiger partial charge is 0.385 e. The molecule has 0 aliphatic heterocycles. The minimum absolute atomic E-state index is 0.931. The molecule has 0 saturated heterocycles. The number of hydrogen-bond donors (Lipinski definition) is 1. The predicted octanol–water partition coefficient (Wildman–Crippen LogP) is 4.47. The first-order valence-corrected chi connectivity index (χ1v) is 8.15. The number of aromatic nitrogens is 1. The van der Waals surface area contributed by atoms with Crippen molar-refractivity contribution in [2.24, 2.45) is 0 Å². The van der Waals surface area contributed by atoms with Gasteiger partial charge in [-0.1, -0.05) is 13.3 Å². The SMILES string of the molecule is CCCc1cc(NCC)c2cc(N(CC)CC)ccc2n1. The Morgan fingerprint density at radius 1 is 1.05 bits per heavy atom. The maximum absolute atomic E-state index is 4.80. The summed E-state index contributed by atoms with van der Waals surface area (Å²) in [6, 6.07) is 8.82. The number of pyridine rings is 1. The van der Waals surface area contributed by atoms with Crippen LogP contribution < -0.4 is 10.2 Å². The predicted molar refractivity (Wildman–Crippen MR) is 93.5 cm³/mol. The van der Waals surface area contributed by atoms with Gasteiger partial charge in [0.15, 0.2) is 0 Å². The number of anilines is 2. The third-order valence-corrected chi connectivity index (χ3v) is 3.85. The second-order valence-corrected chi connectivity index (χ2v) is 5.32. The van der Waals surface area contributed by atoms with E-state index in [0.29, 0.717) is 0 Å². The number of aryl methyl sites for hydroxylation is 1. The topological polar surface area (TPSA) is 28.2 Å². The first-order valence-electron chi connectivity index (χ1n) is 8.15. The monoisotopic (exact) mass is 285 g/mol. The lowest BCUT2D eigenvalue weighted by Crippen LogP contribution is -2.21. The number of rotatable bonds is 7. The van der Waals surface area contributed by atoms with Crippen molar-refractivity contribution >= 4 is 22.3 Å². The smallest absolute Gasteiger partial charge is 0.0727 e. The van der Waals surface area contributed by atoms with E-state index in [4.69, 9.17) is 4.98 Å². The molecule has 0 atom stereocenters. The van der Waals surface area contributed by atoms with E-state index in [-0.39, 0.29) is 0 Å². The van der Waals surface area contributed by atoms with Gasteiger partial charge in [0.1, 0.15) is 0 Å². The fourth-order valence-electron chi connectivity index (χ4n) is 2.77. The molecule has 1 N–H and O–H groups in total. The molecule has 3 nitrogen and oxygen atoms in total. The zero-order valence-electron chi connectivity index (χ0n) is 13.7. The average molecular weight is 285 g/mol. The highest BCUT2D eigenvalue weighted by Crippen LogP contribution is 2.28. The molecule has 114 valence electrons. The summed E-state index contributed by atoms with van der Waals surface area (Å²) in [5.41, 5.74) is 4.75. The Labute approximate surface area is 128 Å². The summed E-state index contributed by atoms with van der Waals surface area (Å²) in [7, 11) is 0. The first kappa shape index (κ1) is 15.6. The second kappa shape index (κ2) is 7.30. The molecule has 0 radical (unpaired) electrons. The fourth-order valence-corrected chi connectivity index (χ4v) is 2.77. The lowest BCUT2D eigenvalue weighted by molar-refractivity contribution is 0.866. The first-order chi connectivity index (χ1) is 10.2. The van der Waals surface area contributed by atoms with Gasteiger partial charge in [0.25, 0.3) is 0 Å². The van der Waals surface area contributed by atoms with Gasteiger partial charge >= 0.3 is 0 Å². The summed E-state index contributed by atoms with van der Waals surface area (Å²) in [4.78, 5) is 7.17. The van der Waals surface area contributed by atoms with Crippen molar-refractivity contribution in [3.05, 3.63) is 30.0 Å². The lowest BCUT2D eigenvalue weighted by atomic mass is 10.1. The Morgan fingerprint density at radius 3 is 2.43 bits per heavy atom. The van der Waals surface area contributed by atoms with Crippen LogP contribution in [0.25, 0.3) is 10.9 Å². The number of fused-ring (bicyclic) bond motifs is 1. The third kappa shape index (κ3) is 3.46. The van der Waals surface area contributed by atoms with Crippen LogP contribution in [0.15, 0.2) is 24.3 Å². The van der Waals surface area contributed by atoms with E-state index >= 15 is 0 Å². The highest BCUT2D eigenvalue weighted by atomic mass is 15.1. The second-order valence-electron chi connectivity index (χ2n) is 5.32. The molecule has 0 bridgehead atoms. The molecular formula is C18H27N3. The van der Waals surface area contributed by atoms with Crippen LogP contribution in [-0.2, 0) is 6.42 Å². The molecule has 1 aromatic carbocycles. The number of nitrogens with one attached hydrogen (secondary N) is 1. The van der Waals surface area contributed by atoms with E-state index in [9.17, 15) is 0 Å². The van der Waals surface area contributed by atoms with Gasteiger partial charge in [-0.25, -0.2) is 0 Å². The number of hydrogen-bond acceptors (Lipinski definition) is 3. The van der Waals surface area contributed by atoms with Crippen molar-refractivity contribution in [3.63, 3.8) is 0 Å². The molecule has 21 heavy (non-hydrogen) atoms. The van der Waals surface area contributed by atoms with Crippen LogP contribution in [0.2, 0.25) is 0 Å². The van der Waals surface area contributed by atoms with Crippen LogP contribution in [-0.4, -0.2) is 24.6 Å². The van der Waals surface area contributed by atoms with Gasteiger partial charge in [-0.15, -0.1) is 0 Å². The van der Waals surface area contributed by atoms with E-state index < -0.39 is 0 Å². The Balaban J connectivity index is 2.53. The molecule has 0 fully saturated rings. The maximum atomic E-state index is 4.80. The summed E-state index contributed by atoms with van der Waals surface area (Å²) < 4.78 is 0. The molecule has 0 unspecified atom stereocenters. The van der Waals surface area contributed by atoms with Gasteiger partial charge in [0.05, 0.1) is 5.52 Å². The molecule has 0 amide bonds. The minimum atomic E-state index is 0.931. The minimum Gasteiger partial charge on any atom is -0.385 e. The van der Waals surface area contributed by atoms with Gasteiger partial charge in [-0.3, -0.25) is 4.98 Å². The van der Waals surface area contributed by atoms with Gasteiger partial charge in [-0.2, -0.15) is 0 Å². The van der Waals surface area contributed by atoms with E-state index in [1.54, 1.807) is 0 Å². The van der Waals surface area contributed by atoms with Crippen molar-refractivity contribution in [1.82, 2.24) is 4.98 Å². The summed E-state index contributed by atoms with van der Waals surface area (Å²) in [6.45, 7) is 11.7. The highest BCUT2D eigenvalue weighted by molar-refractivity contribution is 5.94. The summed E-state index contributed by atoms with van der Waals surface area (Å²) in [5.74, 6) is 0. The maximum Gasteiger partial charge on any atom is 0.0727 e. The lowest BCUT2D eigenvalue weighted by Gasteiger charge is -2.22. The van der Waals surface area contributed by atoms with Gasteiger partial charge in [0.2, 0.25) is 0 Å². The Hall–Kier alpha value is -1.77. The number of benzene rings is 1. The van der Waals surface area contributed by atoms with E-state index in [1.807, 2.05) is 0 Å². The zero-order chi connectivity index (χ0) is 15.2. The van der Waals surface area contributed by atoms with Crippen molar-refractivity contribution in [2.75, 3.05) is 29.9 Å². The summed E-state index contributed by atoms with van der Waals surface area (Å²) in [5, 5.41) is 4.72. The highest BCUT2D eigenvalue weighted by Gasteiger charge is 2.08. The van der Waals surface area contributed by atoms with Crippen LogP contribution in [0.3, 0.4) is 0 Å². The van der Waals surface area contributed by atoms with Crippen LogP contribution in [0.5, 0.6) is 0 Å². The van der Waals surface area contributed by atoms with Gasteiger partial charge < -0.3 is 10.2 Å². The number of nitrogens with zero attached hydrogens (tertiary/aromatic N) is 2. The van der Waals surface area contributed by atoms with Gasteiger partial charge in [-0.05, 0) is 51.5 Å². The zero-order valence-corrected chi connectivity index (χ0v) is 13.7. The molecule has 0 saturated carbocycles. The van der Waals surface area contributed by atoms with E-state index in [2.05, 4.69) is 62.2 Å². The molecule has 0 aliphatic rings. The molecule has 2 rings (SSSR count). The van der Waals surface area contributed by atoms with Crippen molar-refractivity contribution < 1.29 is 0 Å². The van der Waals surface area contributed by atoms with E-state index in [0.717, 1.165) is 38.0 Å². The van der Waals surface area contributed by atoms with Crippen molar-refractivity contribution in [2.45, 2.75) is 40.5 Å². The molecule has 0 spiro atoms. The molecular weight excluding hydrogens is 258 g/mol. The molecule has 1 heterocycles. The normalized spacial score (nSPS) is 10.9. The van der Waals surface area contributed by atoms with Crippen molar-refractivity contribution in [1.29, 1.82) is 0 Å². The summed E-state index contributed by atoms with van der Waals surface area (Å²) >= 11 is 0. The Kier molecular flexibility index (Phi) is 5.43. The van der Waals surface area contributed by atoms with Crippen LogP contribution in [0.1, 0.15) is 39.8 Å². The summed E-state index contributed by atoms with van der Waals surface area (Å²) in [6.07, 6.45) is 2.16. The van der Waals surface area contributed by atoms with Crippen LogP contribution >= 0.6 is 0 Å². The quantitative estimate of drug-likeness (QED) is 0.813. The Bertz CT molecular complexity index is 588. The standard InChI is InChI=1S/C18H27N3/c1-5-9-14-12-18(19-6-2)16-13-15(21(7-3)8-4)10-11-17(16)20-14/h10-13H,5-9H2,1-4H3,(H,19,20). The third-order valence-electron chi connectivity index (χ3n) is 3.85. The van der Waals surface area contributed by atoms with Gasteiger partial charge in [0, 0.05) is 42.1 Å². The molecule has 1 aromatic heterocycles. The molecule has 0 aliphatic carbocycles. The molecule has 2 aromatic rings. The fraction of sp³-hybridized carbons (Fsp3) is 0.500. The molecule has 3 heteroatoms. The van der Waals surface area contributed by atoms with Crippen LogP contribution in [0.4, 0.5) is 11.4 Å². The van der Waals surface area contributed by atoms with Crippen molar-refractivity contribution in [3.8, 4) is 0 Å². The Morgan fingerprint density at radius 2 is 1.81 bits per heavy atom. The van der Waals surface area contributed by atoms with E-state index in [1.165, 1.54) is 22.5 Å². The van der Waals surface area contributed by atoms with Crippen LogP contribution in [0, 0.1) is 0 Å². The average Bonchev–Trinajstić information content (AvgIpc) is 2.49.